The molecule has 0 unspecified atom stereocenters. The van der Waals surface area contributed by atoms with Crippen LogP contribution in [0.2, 0.25) is 0 Å². The van der Waals surface area contributed by atoms with Gasteiger partial charge in [0.1, 0.15) is 25.2 Å². The summed E-state index contributed by atoms with van der Waals surface area (Å²) in [6.07, 6.45) is 1.06. The molecule has 260 valence electrons. The number of ether oxygens (including phenoxy) is 8. The molecule has 0 heterocycles. The van der Waals surface area contributed by atoms with Crippen molar-refractivity contribution in [2.75, 3.05) is 99.0 Å². The molecule has 0 spiro atoms. The molecule has 0 aromatic heterocycles. The first-order valence-corrected chi connectivity index (χ1v) is 16.5. The van der Waals surface area contributed by atoms with Crippen LogP contribution in [0.1, 0.15) is 33.8 Å². The van der Waals surface area contributed by atoms with Crippen LogP contribution in [0, 0.1) is 0 Å². The van der Waals surface area contributed by atoms with Gasteiger partial charge in [0.15, 0.2) is 0 Å². The first-order valence-electron chi connectivity index (χ1n) is 16.5. The number of carbonyl (C=O) groups is 2. The second-order valence-corrected chi connectivity index (χ2v) is 10.8. The highest BCUT2D eigenvalue weighted by Crippen LogP contribution is 2.44. The van der Waals surface area contributed by atoms with Crippen molar-refractivity contribution in [2.24, 2.45) is 0 Å². The van der Waals surface area contributed by atoms with Crippen LogP contribution < -0.4 is 10.1 Å². The fourth-order valence-corrected chi connectivity index (χ4v) is 5.08. The number of amides is 1. The molecule has 1 aliphatic carbocycles. The summed E-state index contributed by atoms with van der Waals surface area (Å²) in [6, 6.07) is 23.5. The Morgan fingerprint density at radius 3 is 1.54 bits per heavy atom. The van der Waals surface area contributed by atoms with Crippen molar-refractivity contribution < 1.29 is 47.5 Å². The summed E-state index contributed by atoms with van der Waals surface area (Å²) in [5, 5.41) is 2.80. The smallest absolute Gasteiger partial charge is 0.407 e. The van der Waals surface area contributed by atoms with Gasteiger partial charge < -0.3 is 43.2 Å². The van der Waals surface area contributed by atoms with Crippen LogP contribution in [0.5, 0.6) is 5.75 Å². The zero-order chi connectivity index (χ0) is 33.5. The second kappa shape index (κ2) is 22.7. The molecule has 0 fully saturated rings. The molecule has 0 atom stereocenters. The molecule has 1 N–H and O–H groups in total. The number of fused-ring (bicyclic) bond motifs is 3. The van der Waals surface area contributed by atoms with Crippen LogP contribution in [-0.4, -0.2) is 111 Å². The van der Waals surface area contributed by atoms with Gasteiger partial charge in [0, 0.05) is 24.6 Å². The van der Waals surface area contributed by atoms with Gasteiger partial charge in [0.05, 0.1) is 72.7 Å². The van der Waals surface area contributed by atoms with Crippen molar-refractivity contribution in [1.29, 1.82) is 0 Å². The van der Waals surface area contributed by atoms with Gasteiger partial charge in [0.25, 0.3) is 0 Å². The number of hydrogen-bond donors (Lipinski definition) is 1. The van der Waals surface area contributed by atoms with E-state index in [9.17, 15) is 9.59 Å². The maximum absolute atomic E-state index is 12.2. The van der Waals surface area contributed by atoms with E-state index in [-0.39, 0.29) is 5.92 Å². The van der Waals surface area contributed by atoms with E-state index in [4.69, 9.17) is 37.9 Å². The zero-order valence-corrected chi connectivity index (χ0v) is 27.5. The van der Waals surface area contributed by atoms with Gasteiger partial charge in [-0.15, -0.1) is 0 Å². The molecule has 0 bridgehead atoms. The quantitative estimate of drug-likeness (QED) is 0.0936. The van der Waals surface area contributed by atoms with E-state index in [2.05, 4.69) is 29.6 Å². The van der Waals surface area contributed by atoms with E-state index in [1.165, 1.54) is 22.3 Å². The summed E-state index contributed by atoms with van der Waals surface area (Å²) in [6.45, 7) is 6.99. The SMILES string of the molecule is O=Cc1ccc(OCCOCCOCCOCCOCCOCCOCCCNC(=O)OCC2c3ccccc3-c3ccccc32)cc1. The van der Waals surface area contributed by atoms with E-state index >= 15 is 0 Å². The number of carbonyl (C=O) groups excluding carboxylic acids is 2. The first-order chi connectivity index (χ1) is 23.8. The van der Waals surface area contributed by atoms with Gasteiger partial charge in [-0.25, -0.2) is 4.79 Å². The molecule has 0 saturated carbocycles. The molecule has 4 rings (SSSR count). The Labute approximate surface area is 282 Å². The summed E-state index contributed by atoms with van der Waals surface area (Å²) < 4.78 is 44.1. The molecule has 1 amide bonds. The fourth-order valence-electron chi connectivity index (χ4n) is 5.08. The molecule has 0 aliphatic heterocycles. The van der Waals surface area contributed by atoms with Gasteiger partial charge in [-0.1, -0.05) is 48.5 Å². The molecule has 48 heavy (non-hydrogen) atoms. The van der Waals surface area contributed by atoms with Crippen LogP contribution in [-0.2, 0) is 33.2 Å². The predicted molar refractivity (Wildman–Crippen MR) is 180 cm³/mol. The number of benzene rings is 3. The maximum Gasteiger partial charge on any atom is 0.407 e. The Bertz CT molecular complexity index is 1290. The normalized spacial score (nSPS) is 12.0. The second-order valence-electron chi connectivity index (χ2n) is 10.8. The van der Waals surface area contributed by atoms with E-state index in [0.717, 1.165) is 6.29 Å². The van der Waals surface area contributed by atoms with Crippen molar-refractivity contribution in [2.45, 2.75) is 12.3 Å². The Hall–Kier alpha value is -3.84. The predicted octanol–water partition coefficient (Wildman–Crippen LogP) is 4.91. The van der Waals surface area contributed by atoms with Gasteiger partial charge in [-0.05, 0) is 52.9 Å². The Kier molecular flexibility index (Phi) is 17.5. The standard InChI is InChI=1S/C37H47NO10/c39-28-30-10-12-31(13-11-30)47-27-26-46-25-24-45-23-22-44-21-20-43-19-18-42-17-16-41-15-5-14-38-37(40)48-29-36-34-8-3-1-6-32(34)33-7-2-4-9-35(33)36/h1-4,6-13,28,36H,5,14-27,29H2,(H,38,40). The molecule has 11 heteroatoms. The van der Waals surface area contributed by atoms with Gasteiger partial charge in [-0.3, -0.25) is 4.79 Å². The summed E-state index contributed by atoms with van der Waals surface area (Å²) in [5.74, 6) is 0.750. The van der Waals surface area contributed by atoms with E-state index < -0.39 is 6.09 Å². The highest BCUT2D eigenvalue weighted by atomic mass is 16.6. The molecule has 11 nitrogen and oxygen atoms in total. The minimum atomic E-state index is -0.417. The Morgan fingerprint density at radius 2 is 1.04 bits per heavy atom. The van der Waals surface area contributed by atoms with Crippen molar-refractivity contribution in [3.05, 3.63) is 89.5 Å². The third kappa shape index (κ3) is 13.3. The highest BCUT2D eigenvalue weighted by Gasteiger charge is 2.28. The molecule has 3 aromatic carbocycles. The van der Waals surface area contributed by atoms with E-state index in [1.54, 1.807) is 24.3 Å². The minimum absolute atomic E-state index is 0.0496. The lowest BCUT2D eigenvalue weighted by Gasteiger charge is -2.14. The molecular formula is C37H47NO10. The Morgan fingerprint density at radius 1 is 0.583 bits per heavy atom. The van der Waals surface area contributed by atoms with Crippen LogP contribution in [0.3, 0.4) is 0 Å². The van der Waals surface area contributed by atoms with Crippen LogP contribution in [0.25, 0.3) is 11.1 Å². The van der Waals surface area contributed by atoms with E-state index in [1.807, 2.05) is 24.3 Å². The lowest BCUT2D eigenvalue weighted by molar-refractivity contribution is -0.0178. The number of nitrogens with one attached hydrogen (secondary N) is 1. The monoisotopic (exact) mass is 665 g/mol. The van der Waals surface area contributed by atoms with Gasteiger partial charge in [0.2, 0.25) is 0 Å². The third-order valence-electron chi connectivity index (χ3n) is 7.45. The summed E-state index contributed by atoms with van der Waals surface area (Å²) in [4.78, 5) is 22.9. The molecule has 0 saturated heterocycles. The number of hydrogen-bond acceptors (Lipinski definition) is 10. The van der Waals surface area contributed by atoms with Crippen molar-refractivity contribution in [1.82, 2.24) is 5.32 Å². The largest absolute Gasteiger partial charge is 0.491 e. The molecular weight excluding hydrogens is 618 g/mol. The maximum atomic E-state index is 12.2. The highest BCUT2D eigenvalue weighted by molar-refractivity contribution is 5.79. The number of aldehydes is 1. The van der Waals surface area contributed by atoms with Crippen molar-refractivity contribution in [3.63, 3.8) is 0 Å². The average molecular weight is 666 g/mol. The van der Waals surface area contributed by atoms with Gasteiger partial charge in [-0.2, -0.15) is 0 Å². The number of alkyl carbamates (subject to hydrolysis) is 1. The lowest BCUT2D eigenvalue weighted by Crippen LogP contribution is -2.27. The average Bonchev–Trinajstić information content (AvgIpc) is 3.44. The topological polar surface area (TPSA) is 120 Å². The minimum Gasteiger partial charge on any atom is -0.491 e. The summed E-state index contributed by atoms with van der Waals surface area (Å²) in [7, 11) is 0. The Balaban J connectivity index is 0.845. The molecule has 1 aliphatic rings. The summed E-state index contributed by atoms with van der Waals surface area (Å²) in [5.41, 5.74) is 5.42. The fraction of sp³-hybridized carbons (Fsp3) is 0.459. The zero-order valence-electron chi connectivity index (χ0n) is 27.5. The number of rotatable bonds is 26. The molecule has 3 aromatic rings. The molecule has 0 radical (unpaired) electrons. The van der Waals surface area contributed by atoms with Crippen LogP contribution >= 0.6 is 0 Å². The van der Waals surface area contributed by atoms with Crippen LogP contribution in [0.4, 0.5) is 4.79 Å². The lowest BCUT2D eigenvalue weighted by atomic mass is 9.98. The third-order valence-corrected chi connectivity index (χ3v) is 7.45. The summed E-state index contributed by atoms with van der Waals surface area (Å²) >= 11 is 0. The van der Waals surface area contributed by atoms with Crippen molar-refractivity contribution in [3.8, 4) is 16.9 Å². The van der Waals surface area contributed by atoms with Crippen LogP contribution in [0.15, 0.2) is 72.8 Å². The van der Waals surface area contributed by atoms with E-state index in [0.29, 0.717) is 117 Å². The van der Waals surface area contributed by atoms with Gasteiger partial charge >= 0.3 is 6.09 Å². The van der Waals surface area contributed by atoms with Crippen molar-refractivity contribution >= 4 is 12.4 Å². The first kappa shape index (κ1) is 37.0.